The summed E-state index contributed by atoms with van der Waals surface area (Å²) in [6, 6.07) is 8.19. The summed E-state index contributed by atoms with van der Waals surface area (Å²) in [5.41, 5.74) is 3.57. The molecule has 0 bridgehead atoms. The number of aromatic amines is 1. The Morgan fingerprint density at radius 2 is 1.92 bits per heavy atom. The molecule has 0 spiro atoms. The van der Waals surface area contributed by atoms with Crippen LogP contribution in [0, 0.1) is 0 Å². The fraction of sp³-hybridized carbons (Fsp3) is 0.474. The number of urea groups is 1. The first-order valence-corrected chi connectivity index (χ1v) is 10.3. The van der Waals surface area contributed by atoms with Crippen molar-refractivity contribution < 1.29 is 9.59 Å². The number of aromatic nitrogens is 1. The van der Waals surface area contributed by atoms with Crippen LogP contribution >= 0.6 is 11.8 Å². The topological polar surface area (TPSA) is 68.4 Å². The minimum absolute atomic E-state index is 0.0868. The SMILES string of the molecule is O=C(CCNC(=O)N1CCc2c([nH]c3ccccc23)C1)N1CCSCC1. The van der Waals surface area contributed by atoms with E-state index in [0.29, 0.717) is 26.1 Å². The molecule has 138 valence electrons. The summed E-state index contributed by atoms with van der Waals surface area (Å²) in [6.07, 6.45) is 1.24. The van der Waals surface area contributed by atoms with E-state index in [1.54, 1.807) is 0 Å². The molecule has 26 heavy (non-hydrogen) atoms. The number of thioether (sulfide) groups is 1. The van der Waals surface area contributed by atoms with Crippen LogP contribution in [0.5, 0.6) is 0 Å². The molecule has 0 radical (unpaired) electrons. The monoisotopic (exact) mass is 372 g/mol. The molecule has 2 aliphatic heterocycles. The summed E-state index contributed by atoms with van der Waals surface area (Å²) in [5, 5.41) is 4.16. The van der Waals surface area contributed by atoms with E-state index in [1.807, 2.05) is 33.7 Å². The van der Waals surface area contributed by atoms with Crippen LogP contribution in [0.1, 0.15) is 17.7 Å². The summed E-state index contributed by atoms with van der Waals surface area (Å²) in [6.45, 7) is 3.35. The van der Waals surface area contributed by atoms with Crippen molar-refractivity contribution in [2.75, 3.05) is 37.7 Å². The van der Waals surface area contributed by atoms with E-state index in [9.17, 15) is 9.59 Å². The Balaban J connectivity index is 1.29. The number of hydrogen-bond donors (Lipinski definition) is 2. The number of benzene rings is 1. The van der Waals surface area contributed by atoms with E-state index in [4.69, 9.17) is 0 Å². The molecule has 0 atom stereocenters. The number of carbonyl (C=O) groups excluding carboxylic acids is 2. The van der Waals surface area contributed by atoms with Crippen LogP contribution in [0.25, 0.3) is 10.9 Å². The lowest BCUT2D eigenvalue weighted by Gasteiger charge is -2.28. The number of hydrogen-bond acceptors (Lipinski definition) is 3. The molecular formula is C19H24N4O2S. The second-order valence-corrected chi connectivity index (χ2v) is 8.00. The van der Waals surface area contributed by atoms with Gasteiger partial charge in [-0.15, -0.1) is 0 Å². The van der Waals surface area contributed by atoms with Crippen LogP contribution < -0.4 is 5.32 Å². The Bertz CT molecular complexity index is 813. The van der Waals surface area contributed by atoms with Crippen LogP contribution in [0.4, 0.5) is 4.79 Å². The van der Waals surface area contributed by atoms with Crippen LogP contribution in [0.3, 0.4) is 0 Å². The van der Waals surface area contributed by atoms with Crippen LogP contribution in [0.15, 0.2) is 24.3 Å². The average molecular weight is 372 g/mol. The summed E-state index contributed by atoms with van der Waals surface area (Å²) >= 11 is 1.89. The number of para-hydroxylation sites is 1. The third kappa shape index (κ3) is 3.53. The average Bonchev–Trinajstić information content (AvgIpc) is 3.06. The second kappa shape index (κ2) is 7.61. The highest BCUT2D eigenvalue weighted by atomic mass is 32.2. The van der Waals surface area contributed by atoms with E-state index in [1.165, 1.54) is 10.9 Å². The molecule has 1 aromatic heterocycles. The predicted molar refractivity (Wildman–Crippen MR) is 104 cm³/mol. The van der Waals surface area contributed by atoms with Gasteiger partial charge in [-0.3, -0.25) is 4.79 Å². The van der Waals surface area contributed by atoms with Gasteiger partial charge in [0.15, 0.2) is 0 Å². The van der Waals surface area contributed by atoms with Crippen LogP contribution in [-0.2, 0) is 17.8 Å². The molecule has 7 heteroatoms. The van der Waals surface area contributed by atoms with Crippen molar-refractivity contribution in [1.29, 1.82) is 0 Å². The fourth-order valence-electron chi connectivity index (χ4n) is 3.73. The minimum Gasteiger partial charge on any atom is -0.357 e. The quantitative estimate of drug-likeness (QED) is 0.868. The number of nitrogens with one attached hydrogen (secondary N) is 2. The molecule has 2 aliphatic rings. The van der Waals surface area contributed by atoms with Crippen molar-refractivity contribution in [3.63, 3.8) is 0 Å². The van der Waals surface area contributed by atoms with Gasteiger partial charge in [-0.25, -0.2) is 4.79 Å². The Labute approximate surface area is 157 Å². The van der Waals surface area contributed by atoms with E-state index in [0.717, 1.165) is 42.2 Å². The highest BCUT2D eigenvalue weighted by Crippen LogP contribution is 2.27. The Hall–Kier alpha value is -2.15. The summed E-state index contributed by atoms with van der Waals surface area (Å²) in [5.74, 6) is 2.17. The van der Waals surface area contributed by atoms with Crippen molar-refractivity contribution in [2.24, 2.45) is 0 Å². The van der Waals surface area contributed by atoms with Crippen molar-refractivity contribution in [2.45, 2.75) is 19.4 Å². The largest absolute Gasteiger partial charge is 0.357 e. The third-order valence-electron chi connectivity index (χ3n) is 5.15. The van der Waals surface area contributed by atoms with Crippen molar-refractivity contribution in [3.8, 4) is 0 Å². The first-order chi connectivity index (χ1) is 12.7. The zero-order valence-electron chi connectivity index (χ0n) is 14.8. The minimum atomic E-state index is -0.0868. The van der Waals surface area contributed by atoms with Gasteiger partial charge in [-0.1, -0.05) is 18.2 Å². The van der Waals surface area contributed by atoms with Crippen molar-refractivity contribution >= 4 is 34.6 Å². The first kappa shape index (κ1) is 17.3. The van der Waals surface area contributed by atoms with Gasteiger partial charge in [0.1, 0.15) is 0 Å². The summed E-state index contributed by atoms with van der Waals surface area (Å²) in [7, 11) is 0. The third-order valence-corrected chi connectivity index (χ3v) is 6.09. The van der Waals surface area contributed by atoms with Crippen LogP contribution in [-0.4, -0.2) is 64.4 Å². The van der Waals surface area contributed by atoms with Gasteiger partial charge in [-0.05, 0) is 18.1 Å². The normalized spacial score (nSPS) is 17.2. The van der Waals surface area contributed by atoms with E-state index < -0.39 is 0 Å². The lowest BCUT2D eigenvalue weighted by molar-refractivity contribution is -0.130. The number of H-pyrrole nitrogens is 1. The maximum absolute atomic E-state index is 12.5. The van der Waals surface area contributed by atoms with E-state index >= 15 is 0 Å². The Kier molecular flexibility index (Phi) is 5.06. The molecule has 3 amide bonds. The number of amides is 3. The maximum atomic E-state index is 12.5. The highest BCUT2D eigenvalue weighted by molar-refractivity contribution is 7.99. The fourth-order valence-corrected chi connectivity index (χ4v) is 4.63. The van der Waals surface area contributed by atoms with Gasteiger partial charge >= 0.3 is 6.03 Å². The molecule has 3 heterocycles. The number of nitrogens with zero attached hydrogens (tertiary/aromatic N) is 2. The predicted octanol–water partition coefficient (Wildman–Crippen LogP) is 2.20. The molecule has 6 nitrogen and oxygen atoms in total. The Morgan fingerprint density at radius 3 is 2.77 bits per heavy atom. The van der Waals surface area contributed by atoms with E-state index in [2.05, 4.69) is 22.4 Å². The molecule has 2 N–H and O–H groups in total. The molecule has 0 saturated carbocycles. The van der Waals surface area contributed by atoms with Crippen LogP contribution in [0.2, 0.25) is 0 Å². The van der Waals surface area contributed by atoms with Gasteiger partial charge in [0.2, 0.25) is 5.91 Å². The smallest absolute Gasteiger partial charge is 0.317 e. The van der Waals surface area contributed by atoms with Crippen molar-refractivity contribution in [3.05, 3.63) is 35.5 Å². The molecule has 4 rings (SSSR count). The first-order valence-electron chi connectivity index (χ1n) is 9.19. The van der Waals surface area contributed by atoms with Gasteiger partial charge < -0.3 is 20.1 Å². The summed E-state index contributed by atoms with van der Waals surface area (Å²) in [4.78, 5) is 31.8. The second-order valence-electron chi connectivity index (χ2n) is 6.77. The zero-order chi connectivity index (χ0) is 17.9. The number of carbonyl (C=O) groups is 2. The lowest BCUT2D eigenvalue weighted by atomic mass is 10.0. The number of rotatable bonds is 3. The molecule has 0 aliphatic carbocycles. The van der Waals surface area contributed by atoms with Crippen molar-refractivity contribution in [1.82, 2.24) is 20.1 Å². The molecule has 2 aromatic rings. The van der Waals surface area contributed by atoms with E-state index in [-0.39, 0.29) is 11.9 Å². The standard InChI is InChI=1S/C19H24N4O2S/c24-18(22-9-11-26-12-10-22)5-7-20-19(25)23-8-6-15-14-3-1-2-4-16(14)21-17(15)13-23/h1-4,21H,5-13H2,(H,20,25). The molecule has 0 unspecified atom stereocenters. The van der Waals surface area contributed by atoms with Gasteiger partial charge in [0.05, 0.1) is 6.54 Å². The zero-order valence-corrected chi connectivity index (χ0v) is 15.6. The maximum Gasteiger partial charge on any atom is 0.317 e. The van der Waals surface area contributed by atoms with Gasteiger partial charge in [0.25, 0.3) is 0 Å². The molecule has 1 fully saturated rings. The highest BCUT2D eigenvalue weighted by Gasteiger charge is 2.24. The molecule has 1 saturated heterocycles. The Morgan fingerprint density at radius 1 is 1.12 bits per heavy atom. The summed E-state index contributed by atoms with van der Waals surface area (Å²) < 4.78 is 0. The number of fused-ring (bicyclic) bond motifs is 3. The molecular weight excluding hydrogens is 348 g/mol. The lowest BCUT2D eigenvalue weighted by Crippen LogP contribution is -2.44. The molecule has 1 aromatic carbocycles. The van der Waals surface area contributed by atoms with Gasteiger partial charge in [0, 0.05) is 60.7 Å². The van der Waals surface area contributed by atoms with Gasteiger partial charge in [-0.2, -0.15) is 11.8 Å².